The lowest BCUT2D eigenvalue weighted by Gasteiger charge is -2.43. The maximum absolute atomic E-state index is 12.4. The van der Waals surface area contributed by atoms with Crippen molar-refractivity contribution >= 4 is 11.8 Å². The van der Waals surface area contributed by atoms with Crippen molar-refractivity contribution in [3.63, 3.8) is 0 Å². The topological polar surface area (TPSA) is 54.5 Å². The van der Waals surface area contributed by atoms with E-state index in [-0.39, 0.29) is 18.1 Å². The smallest absolute Gasteiger partial charge is 0.410 e. The fourth-order valence-electron chi connectivity index (χ4n) is 6.87. The van der Waals surface area contributed by atoms with Crippen LogP contribution in [0.3, 0.4) is 0 Å². The number of allylic oxidation sites excluding steroid dienone is 1. The molecule has 1 unspecified atom stereocenters. The number of hydrogen-bond donors (Lipinski definition) is 0. The minimum atomic E-state index is -0.475. The summed E-state index contributed by atoms with van der Waals surface area (Å²) in [5, 5.41) is 0. The third kappa shape index (κ3) is 8.76. The SMILES string of the molecule is C/C=C1/CCN(c2ccccc2)[C@@H](c2ccc(OCCN3CCN(C(=O)OC(C)(C)C)CC3)cc2)[C@@H](C)C1(C)OCc1ccccc1. The first-order chi connectivity index (χ1) is 22.6. The van der Waals surface area contributed by atoms with Gasteiger partial charge in [-0.2, -0.15) is 0 Å². The summed E-state index contributed by atoms with van der Waals surface area (Å²) in [4.78, 5) is 19.1. The van der Waals surface area contributed by atoms with Gasteiger partial charge in [0.05, 0.1) is 18.2 Å². The number of piperazine rings is 1. The Hall–Kier alpha value is -3.81. The van der Waals surface area contributed by atoms with E-state index in [1.807, 2.05) is 26.8 Å². The van der Waals surface area contributed by atoms with Gasteiger partial charge in [0.15, 0.2) is 0 Å². The van der Waals surface area contributed by atoms with Crippen LogP contribution in [0.5, 0.6) is 5.75 Å². The molecular formula is C40H53N3O4. The maximum atomic E-state index is 12.4. The van der Waals surface area contributed by atoms with E-state index >= 15 is 0 Å². The van der Waals surface area contributed by atoms with Crippen LogP contribution in [0.1, 0.15) is 65.1 Å². The Kier molecular flexibility index (Phi) is 11.3. The molecule has 252 valence electrons. The number of amides is 1. The van der Waals surface area contributed by atoms with E-state index < -0.39 is 11.2 Å². The second-order valence-electron chi connectivity index (χ2n) is 13.9. The van der Waals surface area contributed by atoms with Crippen LogP contribution in [0.4, 0.5) is 10.5 Å². The van der Waals surface area contributed by atoms with Crippen molar-refractivity contribution in [1.82, 2.24) is 9.80 Å². The van der Waals surface area contributed by atoms with Crippen LogP contribution >= 0.6 is 0 Å². The number of rotatable bonds is 9. The largest absolute Gasteiger partial charge is 0.492 e. The summed E-state index contributed by atoms with van der Waals surface area (Å²) in [5.74, 6) is 1.03. The summed E-state index contributed by atoms with van der Waals surface area (Å²) in [5.41, 5.74) is 4.08. The highest BCUT2D eigenvalue weighted by atomic mass is 16.6. The molecule has 3 atom stereocenters. The molecule has 2 heterocycles. The molecule has 7 heteroatoms. The van der Waals surface area contributed by atoms with Gasteiger partial charge in [-0.3, -0.25) is 4.90 Å². The van der Waals surface area contributed by atoms with E-state index in [0.717, 1.165) is 38.3 Å². The Bertz CT molecular complexity index is 1450. The maximum Gasteiger partial charge on any atom is 0.410 e. The molecule has 0 aromatic heterocycles. The fourth-order valence-corrected chi connectivity index (χ4v) is 6.87. The number of carbonyl (C=O) groups excluding carboxylic acids is 1. The van der Waals surface area contributed by atoms with Gasteiger partial charge in [0.1, 0.15) is 18.0 Å². The van der Waals surface area contributed by atoms with E-state index in [0.29, 0.717) is 26.3 Å². The number of hydrogen-bond acceptors (Lipinski definition) is 6. The van der Waals surface area contributed by atoms with Gasteiger partial charge in [0, 0.05) is 50.9 Å². The number of carbonyl (C=O) groups is 1. The highest BCUT2D eigenvalue weighted by Crippen LogP contribution is 2.47. The predicted octanol–water partition coefficient (Wildman–Crippen LogP) is 8.13. The van der Waals surface area contributed by atoms with Crippen molar-refractivity contribution in [3.05, 3.63) is 108 Å². The van der Waals surface area contributed by atoms with Crippen LogP contribution in [0, 0.1) is 5.92 Å². The zero-order valence-electron chi connectivity index (χ0n) is 29.2. The molecule has 0 N–H and O–H groups in total. The Labute approximate surface area is 282 Å². The molecule has 7 nitrogen and oxygen atoms in total. The summed E-state index contributed by atoms with van der Waals surface area (Å²) in [6, 6.07) is 30.0. The van der Waals surface area contributed by atoms with Gasteiger partial charge < -0.3 is 24.0 Å². The van der Waals surface area contributed by atoms with Crippen molar-refractivity contribution in [2.24, 2.45) is 5.92 Å². The Morgan fingerprint density at radius 2 is 1.53 bits per heavy atom. The monoisotopic (exact) mass is 639 g/mol. The van der Waals surface area contributed by atoms with Gasteiger partial charge in [-0.05, 0) is 82.0 Å². The van der Waals surface area contributed by atoms with Crippen LogP contribution in [0.2, 0.25) is 0 Å². The number of benzene rings is 3. The number of anilines is 1. The van der Waals surface area contributed by atoms with Gasteiger partial charge >= 0.3 is 6.09 Å². The van der Waals surface area contributed by atoms with E-state index in [1.54, 1.807) is 4.90 Å². The molecule has 2 fully saturated rings. The van der Waals surface area contributed by atoms with Crippen molar-refractivity contribution in [3.8, 4) is 5.75 Å². The lowest BCUT2D eigenvalue weighted by molar-refractivity contribution is -0.0577. The minimum Gasteiger partial charge on any atom is -0.492 e. The molecule has 2 saturated heterocycles. The highest BCUT2D eigenvalue weighted by Gasteiger charge is 2.45. The first-order valence-electron chi connectivity index (χ1n) is 17.2. The number of ether oxygens (including phenoxy) is 3. The molecule has 5 rings (SSSR count). The molecule has 1 amide bonds. The normalized spacial score (nSPS) is 23.4. The Morgan fingerprint density at radius 1 is 0.894 bits per heavy atom. The molecule has 0 aliphatic carbocycles. The molecule has 2 aliphatic heterocycles. The van der Waals surface area contributed by atoms with Gasteiger partial charge in [-0.15, -0.1) is 0 Å². The lowest BCUT2D eigenvalue weighted by atomic mass is 9.77. The molecule has 0 spiro atoms. The summed E-state index contributed by atoms with van der Waals surface area (Å²) in [6.07, 6.45) is 2.97. The average molecular weight is 640 g/mol. The molecular weight excluding hydrogens is 586 g/mol. The van der Waals surface area contributed by atoms with E-state index in [4.69, 9.17) is 14.2 Å². The zero-order valence-corrected chi connectivity index (χ0v) is 29.2. The second-order valence-corrected chi connectivity index (χ2v) is 13.9. The van der Waals surface area contributed by atoms with Crippen LogP contribution in [-0.2, 0) is 16.1 Å². The fraction of sp³-hybridized carbons (Fsp3) is 0.475. The number of para-hydroxylation sites is 1. The zero-order chi connectivity index (χ0) is 33.4. The molecule has 0 saturated carbocycles. The summed E-state index contributed by atoms with van der Waals surface area (Å²) in [6.45, 7) is 18.3. The predicted molar refractivity (Wildman–Crippen MR) is 190 cm³/mol. The van der Waals surface area contributed by atoms with Gasteiger partial charge in [-0.1, -0.05) is 73.7 Å². The molecule has 47 heavy (non-hydrogen) atoms. The Morgan fingerprint density at radius 3 is 2.15 bits per heavy atom. The molecule has 0 bridgehead atoms. The standard InChI is InChI=1S/C40H53N3O4/c1-7-34-22-23-43(35-16-12-9-13-17-35)37(31(2)40(34,6)46-30-32-14-10-8-11-15-32)33-18-20-36(21-19-33)45-29-28-41-24-26-42(27-25-41)38(44)47-39(3,4)5/h7-21,31,37H,22-30H2,1-6H3/b34-7-/t31-,37-,40?/m1/s1. The summed E-state index contributed by atoms with van der Waals surface area (Å²) < 4.78 is 18.7. The third-order valence-electron chi connectivity index (χ3n) is 9.68. The van der Waals surface area contributed by atoms with Crippen LogP contribution in [0.25, 0.3) is 0 Å². The summed E-state index contributed by atoms with van der Waals surface area (Å²) in [7, 11) is 0. The van der Waals surface area contributed by atoms with Crippen molar-refractivity contribution < 1.29 is 19.0 Å². The van der Waals surface area contributed by atoms with E-state index in [1.165, 1.54) is 22.4 Å². The van der Waals surface area contributed by atoms with E-state index in [2.05, 4.69) is 116 Å². The molecule has 0 radical (unpaired) electrons. The third-order valence-corrected chi connectivity index (χ3v) is 9.68. The van der Waals surface area contributed by atoms with Crippen molar-refractivity contribution in [2.45, 2.75) is 71.8 Å². The molecule has 2 aliphatic rings. The van der Waals surface area contributed by atoms with Crippen molar-refractivity contribution in [2.75, 3.05) is 50.8 Å². The van der Waals surface area contributed by atoms with Crippen LogP contribution in [-0.4, -0.2) is 73.0 Å². The summed E-state index contributed by atoms with van der Waals surface area (Å²) >= 11 is 0. The number of nitrogens with zero attached hydrogens (tertiary/aromatic N) is 3. The second kappa shape index (κ2) is 15.4. The first kappa shape index (κ1) is 34.5. The van der Waals surface area contributed by atoms with Gasteiger partial charge in [-0.25, -0.2) is 4.79 Å². The highest BCUT2D eigenvalue weighted by molar-refractivity contribution is 5.68. The molecule has 3 aromatic rings. The molecule has 3 aromatic carbocycles. The first-order valence-corrected chi connectivity index (χ1v) is 17.2. The van der Waals surface area contributed by atoms with Crippen LogP contribution in [0.15, 0.2) is 96.6 Å². The Balaban J connectivity index is 1.27. The van der Waals surface area contributed by atoms with Crippen molar-refractivity contribution in [1.29, 1.82) is 0 Å². The quantitative estimate of drug-likeness (QED) is 0.221. The van der Waals surface area contributed by atoms with Gasteiger partial charge in [0.25, 0.3) is 0 Å². The van der Waals surface area contributed by atoms with Crippen LogP contribution < -0.4 is 9.64 Å². The minimum absolute atomic E-state index is 0.103. The van der Waals surface area contributed by atoms with E-state index in [9.17, 15) is 4.79 Å². The average Bonchev–Trinajstić information content (AvgIpc) is 3.18. The lowest BCUT2D eigenvalue weighted by Crippen LogP contribution is -2.50. The van der Waals surface area contributed by atoms with Gasteiger partial charge in [0.2, 0.25) is 0 Å².